The van der Waals surface area contributed by atoms with E-state index in [0.29, 0.717) is 49.0 Å². The predicted molar refractivity (Wildman–Crippen MR) is 97.8 cm³/mol. The van der Waals surface area contributed by atoms with E-state index in [1.807, 2.05) is 0 Å². The number of alkyl halides is 2. The summed E-state index contributed by atoms with van der Waals surface area (Å²) in [6, 6.07) is 7.09. The van der Waals surface area contributed by atoms with E-state index in [-0.39, 0.29) is 17.7 Å². The van der Waals surface area contributed by atoms with Crippen molar-refractivity contribution in [1.29, 1.82) is 0 Å². The Hall–Kier alpha value is -3.10. The van der Waals surface area contributed by atoms with Crippen LogP contribution < -0.4 is 10.1 Å². The average molecular weight is 393 g/mol. The number of aryl methyl sites for hydroxylation is 2. The van der Waals surface area contributed by atoms with Crippen LogP contribution in [-0.4, -0.2) is 54.5 Å². The summed E-state index contributed by atoms with van der Waals surface area (Å²) in [6.45, 7) is 2.25. The molecule has 1 saturated heterocycles. The fourth-order valence-corrected chi connectivity index (χ4v) is 3.05. The van der Waals surface area contributed by atoms with Gasteiger partial charge in [0.1, 0.15) is 17.3 Å². The van der Waals surface area contributed by atoms with Crippen molar-refractivity contribution < 1.29 is 27.5 Å². The van der Waals surface area contributed by atoms with Gasteiger partial charge in [-0.1, -0.05) is 0 Å². The van der Waals surface area contributed by atoms with E-state index < -0.39 is 6.61 Å². The molecule has 28 heavy (non-hydrogen) atoms. The van der Waals surface area contributed by atoms with E-state index in [4.69, 9.17) is 4.42 Å². The zero-order chi connectivity index (χ0) is 20.3. The van der Waals surface area contributed by atoms with Gasteiger partial charge in [0.2, 0.25) is 0 Å². The molecule has 0 aliphatic carbocycles. The number of furan rings is 1. The topological polar surface area (TPSA) is 75.0 Å². The number of benzene rings is 1. The summed E-state index contributed by atoms with van der Waals surface area (Å²) in [7, 11) is 0. The normalized spacial score (nSPS) is 14.3. The third-order valence-corrected chi connectivity index (χ3v) is 4.46. The van der Waals surface area contributed by atoms with Crippen LogP contribution in [0, 0.1) is 13.8 Å². The van der Waals surface area contributed by atoms with Gasteiger partial charge < -0.3 is 24.3 Å². The van der Waals surface area contributed by atoms with E-state index in [9.17, 15) is 18.4 Å². The first-order valence-corrected chi connectivity index (χ1v) is 8.80. The summed E-state index contributed by atoms with van der Waals surface area (Å²) < 4.78 is 34.0. The van der Waals surface area contributed by atoms with Crippen molar-refractivity contribution in [3.05, 3.63) is 47.4 Å². The molecule has 1 aliphatic heterocycles. The Balaban J connectivity index is 1.52. The third-order valence-electron chi connectivity index (χ3n) is 4.46. The molecule has 2 aromatic rings. The van der Waals surface area contributed by atoms with E-state index in [1.54, 1.807) is 29.7 Å². The molecule has 7 nitrogen and oxygen atoms in total. The molecule has 0 radical (unpaired) electrons. The third kappa shape index (κ3) is 4.59. The molecule has 1 aromatic heterocycles. The Labute approximate surface area is 160 Å². The molecule has 0 bridgehead atoms. The van der Waals surface area contributed by atoms with Crippen LogP contribution in [0.3, 0.4) is 0 Å². The summed E-state index contributed by atoms with van der Waals surface area (Å²) in [4.78, 5) is 28.3. The number of amides is 3. The molecule has 0 spiro atoms. The maximum atomic E-state index is 12.6. The zero-order valence-corrected chi connectivity index (χ0v) is 15.6. The molecule has 3 amide bonds. The molecule has 0 saturated carbocycles. The Kier molecular flexibility index (Phi) is 5.81. The van der Waals surface area contributed by atoms with Gasteiger partial charge in [0, 0.05) is 31.9 Å². The van der Waals surface area contributed by atoms with Crippen molar-refractivity contribution in [3.8, 4) is 5.75 Å². The van der Waals surface area contributed by atoms with Gasteiger partial charge in [-0.3, -0.25) is 4.79 Å². The largest absolute Gasteiger partial charge is 0.466 e. The Morgan fingerprint density at radius 1 is 1.07 bits per heavy atom. The molecular weight excluding hydrogens is 372 g/mol. The van der Waals surface area contributed by atoms with Gasteiger partial charge in [-0.05, 0) is 44.2 Å². The van der Waals surface area contributed by atoms with E-state index in [2.05, 4.69) is 10.1 Å². The minimum Gasteiger partial charge on any atom is -0.466 e. The van der Waals surface area contributed by atoms with Crippen LogP contribution in [0.2, 0.25) is 0 Å². The molecule has 0 atom stereocenters. The fraction of sp³-hybridized carbons (Fsp3) is 0.368. The van der Waals surface area contributed by atoms with Crippen LogP contribution in [-0.2, 0) is 0 Å². The van der Waals surface area contributed by atoms with Crippen LogP contribution in [0.4, 0.5) is 19.3 Å². The van der Waals surface area contributed by atoms with E-state index in [1.165, 1.54) is 24.3 Å². The lowest BCUT2D eigenvalue weighted by atomic mass is 10.2. The Morgan fingerprint density at radius 3 is 2.21 bits per heavy atom. The first kappa shape index (κ1) is 19.7. The smallest absolute Gasteiger partial charge is 0.387 e. The Morgan fingerprint density at radius 2 is 1.68 bits per heavy atom. The molecule has 2 heterocycles. The number of hydrogen-bond acceptors (Lipinski definition) is 4. The molecule has 1 N–H and O–H groups in total. The average Bonchev–Trinajstić information content (AvgIpc) is 3.00. The number of anilines is 1. The van der Waals surface area contributed by atoms with Crippen molar-refractivity contribution in [2.75, 3.05) is 31.5 Å². The van der Waals surface area contributed by atoms with Gasteiger partial charge in [-0.25, -0.2) is 4.79 Å². The quantitative estimate of drug-likeness (QED) is 0.863. The van der Waals surface area contributed by atoms with Gasteiger partial charge in [0.15, 0.2) is 0 Å². The predicted octanol–water partition coefficient (Wildman–Crippen LogP) is 3.49. The molecular formula is C19H21F2N3O4. The van der Waals surface area contributed by atoms with Crippen LogP contribution >= 0.6 is 0 Å². The minimum atomic E-state index is -2.89. The SMILES string of the molecule is Cc1cc(C(=O)N2CCN(C(=O)Nc3ccc(OC(F)F)cc3)CC2)c(C)o1. The highest BCUT2D eigenvalue weighted by Crippen LogP contribution is 2.19. The van der Waals surface area contributed by atoms with Crippen LogP contribution in [0.1, 0.15) is 21.9 Å². The number of nitrogens with zero attached hydrogens (tertiary/aromatic N) is 2. The molecule has 150 valence electrons. The van der Waals surface area contributed by atoms with Gasteiger partial charge in [0.25, 0.3) is 5.91 Å². The van der Waals surface area contributed by atoms with Gasteiger partial charge in [-0.2, -0.15) is 8.78 Å². The number of piperazine rings is 1. The second kappa shape index (κ2) is 8.28. The summed E-state index contributed by atoms with van der Waals surface area (Å²) in [6.07, 6.45) is 0. The van der Waals surface area contributed by atoms with Crippen LogP contribution in [0.25, 0.3) is 0 Å². The number of urea groups is 1. The summed E-state index contributed by atoms with van der Waals surface area (Å²) in [5.74, 6) is 1.18. The lowest BCUT2D eigenvalue weighted by molar-refractivity contribution is -0.0498. The van der Waals surface area contributed by atoms with Gasteiger partial charge >= 0.3 is 12.6 Å². The highest BCUT2D eigenvalue weighted by Gasteiger charge is 2.26. The Bertz CT molecular complexity index is 843. The summed E-state index contributed by atoms with van der Waals surface area (Å²) in [5, 5.41) is 2.71. The minimum absolute atomic E-state index is 0.0184. The zero-order valence-electron chi connectivity index (χ0n) is 15.6. The standard InChI is InChI=1S/C19H21F2N3O4/c1-12-11-16(13(2)27-12)17(25)23-7-9-24(10-8-23)19(26)22-14-3-5-15(6-4-14)28-18(20)21/h3-6,11,18H,7-10H2,1-2H3,(H,22,26). The van der Waals surface area contributed by atoms with E-state index in [0.717, 1.165) is 0 Å². The number of carbonyl (C=O) groups excluding carboxylic acids is 2. The van der Waals surface area contributed by atoms with Crippen molar-refractivity contribution in [3.63, 3.8) is 0 Å². The molecule has 3 rings (SSSR count). The number of carbonyl (C=O) groups is 2. The molecule has 1 aromatic carbocycles. The molecule has 1 aliphatic rings. The number of rotatable bonds is 4. The van der Waals surface area contributed by atoms with Crippen LogP contribution in [0.5, 0.6) is 5.75 Å². The summed E-state index contributed by atoms with van der Waals surface area (Å²) >= 11 is 0. The molecule has 0 unspecified atom stereocenters. The second-order valence-electron chi connectivity index (χ2n) is 6.44. The lowest BCUT2D eigenvalue weighted by Crippen LogP contribution is -2.51. The second-order valence-corrected chi connectivity index (χ2v) is 6.44. The number of nitrogens with one attached hydrogen (secondary N) is 1. The molecule has 9 heteroatoms. The number of hydrogen-bond donors (Lipinski definition) is 1. The fourth-order valence-electron chi connectivity index (χ4n) is 3.05. The first-order chi connectivity index (χ1) is 13.3. The maximum Gasteiger partial charge on any atom is 0.387 e. The van der Waals surface area contributed by atoms with Gasteiger partial charge in [0.05, 0.1) is 5.56 Å². The van der Waals surface area contributed by atoms with E-state index >= 15 is 0 Å². The monoisotopic (exact) mass is 393 g/mol. The van der Waals surface area contributed by atoms with Crippen molar-refractivity contribution in [1.82, 2.24) is 9.80 Å². The van der Waals surface area contributed by atoms with Crippen LogP contribution in [0.15, 0.2) is 34.7 Å². The van der Waals surface area contributed by atoms with Gasteiger partial charge in [-0.15, -0.1) is 0 Å². The van der Waals surface area contributed by atoms with Crippen molar-refractivity contribution >= 4 is 17.6 Å². The number of ether oxygens (including phenoxy) is 1. The summed E-state index contributed by atoms with van der Waals surface area (Å²) in [5.41, 5.74) is 1.01. The number of halogens is 2. The van der Waals surface area contributed by atoms with Crippen molar-refractivity contribution in [2.24, 2.45) is 0 Å². The van der Waals surface area contributed by atoms with Crippen molar-refractivity contribution in [2.45, 2.75) is 20.5 Å². The molecule has 1 fully saturated rings. The first-order valence-electron chi connectivity index (χ1n) is 8.80. The highest BCUT2D eigenvalue weighted by atomic mass is 19.3. The lowest BCUT2D eigenvalue weighted by Gasteiger charge is -2.34. The maximum absolute atomic E-state index is 12.6. The highest BCUT2D eigenvalue weighted by molar-refractivity contribution is 5.95.